The molecule has 0 unspecified atom stereocenters. The lowest BCUT2D eigenvalue weighted by molar-refractivity contribution is -0.143. The van der Waals surface area contributed by atoms with E-state index in [-0.39, 0.29) is 24.5 Å². The van der Waals surface area contributed by atoms with Crippen LogP contribution in [0.15, 0.2) is 66.7 Å². The highest BCUT2D eigenvalue weighted by atomic mass is 16.6. The van der Waals surface area contributed by atoms with Crippen LogP contribution in [0.4, 0.5) is 0 Å². The lowest BCUT2D eigenvalue weighted by atomic mass is 10.00. The molecule has 3 aromatic rings. The molecule has 2 amide bonds. The number of carbonyl (C=O) groups is 2. The van der Waals surface area contributed by atoms with Crippen LogP contribution in [-0.4, -0.2) is 67.0 Å². The van der Waals surface area contributed by atoms with Crippen LogP contribution in [-0.2, 0) is 9.59 Å². The second-order valence-electron chi connectivity index (χ2n) is 8.82. The molecule has 0 bridgehead atoms. The normalized spacial score (nSPS) is 19.0. The lowest BCUT2D eigenvalue weighted by Crippen LogP contribution is -2.55. The van der Waals surface area contributed by atoms with Gasteiger partial charge >= 0.3 is 0 Å². The standard InChI is InChI=1S/C27H29N3O4/c1-19(21-10-6-8-20-7-2-3-9-22(20)21)28-26(31)17-29-13-15-30(16-14-29)27(32)25-18-33-23-11-4-5-12-24(23)34-25/h2-12,19,25H,13-18H2,1H3,(H,28,31)/t19-,25-/m0/s1. The van der Waals surface area contributed by atoms with Gasteiger partial charge in [-0.3, -0.25) is 14.5 Å². The van der Waals surface area contributed by atoms with Gasteiger partial charge in [-0.15, -0.1) is 0 Å². The highest BCUT2D eigenvalue weighted by Crippen LogP contribution is 2.31. The molecule has 0 aromatic heterocycles. The van der Waals surface area contributed by atoms with Gasteiger partial charge in [-0.2, -0.15) is 0 Å². The van der Waals surface area contributed by atoms with Crippen molar-refractivity contribution in [3.63, 3.8) is 0 Å². The van der Waals surface area contributed by atoms with Crippen molar-refractivity contribution in [3.8, 4) is 11.5 Å². The van der Waals surface area contributed by atoms with Gasteiger partial charge in [-0.05, 0) is 35.4 Å². The monoisotopic (exact) mass is 459 g/mol. The highest BCUT2D eigenvalue weighted by Gasteiger charge is 2.33. The fourth-order valence-corrected chi connectivity index (χ4v) is 4.67. The van der Waals surface area contributed by atoms with E-state index >= 15 is 0 Å². The number of fused-ring (bicyclic) bond motifs is 2. The molecule has 0 radical (unpaired) electrons. The Morgan fingerprint density at radius 3 is 2.47 bits per heavy atom. The van der Waals surface area contributed by atoms with Crippen molar-refractivity contribution in [1.29, 1.82) is 0 Å². The van der Waals surface area contributed by atoms with Crippen LogP contribution < -0.4 is 14.8 Å². The van der Waals surface area contributed by atoms with E-state index in [1.165, 1.54) is 0 Å². The fourth-order valence-electron chi connectivity index (χ4n) is 4.67. The first kappa shape index (κ1) is 22.2. The first-order chi connectivity index (χ1) is 16.6. The zero-order valence-corrected chi connectivity index (χ0v) is 19.3. The zero-order valence-electron chi connectivity index (χ0n) is 19.3. The molecule has 7 heteroatoms. The topological polar surface area (TPSA) is 71.1 Å². The van der Waals surface area contributed by atoms with E-state index in [0.29, 0.717) is 44.2 Å². The molecule has 1 saturated heterocycles. The first-order valence-electron chi connectivity index (χ1n) is 11.7. The number of amides is 2. The molecule has 176 valence electrons. The average molecular weight is 460 g/mol. The van der Waals surface area contributed by atoms with Gasteiger partial charge in [0.1, 0.15) is 6.61 Å². The van der Waals surface area contributed by atoms with E-state index in [4.69, 9.17) is 9.47 Å². The molecule has 5 rings (SSSR count). The second kappa shape index (κ2) is 9.73. The third-order valence-corrected chi connectivity index (χ3v) is 6.50. The Balaban J connectivity index is 1.11. The molecule has 34 heavy (non-hydrogen) atoms. The maximum absolute atomic E-state index is 12.9. The molecule has 2 heterocycles. The van der Waals surface area contributed by atoms with Gasteiger partial charge in [0.15, 0.2) is 11.5 Å². The summed E-state index contributed by atoms with van der Waals surface area (Å²) in [7, 11) is 0. The van der Waals surface area contributed by atoms with Gasteiger partial charge in [0.2, 0.25) is 12.0 Å². The van der Waals surface area contributed by atoms with Crippen molar-refractivity contribution >= 4 is 22.6 Å². The lowest BCUT2D eigenvalue weighted by Gasteiger charge is -2.37. The molecule has 1 N–H and O–H groups in total. The Kier molecular flexibility index (Phi) is 6.36. The average Bonchev–Trinajstić information content (AvgIpc) is 2.88. The third-order valence-electron chi connectivity index (χ3n) is 6.50. The molecule has 0 aliphatic carbocycles. The molecular formula is C27H29N3O4. The van der Waals surface area contributed by atoms with Gasteiger partial charge in [0.05, 0.1) is 12.6 Å². The van der Waals surface area contributed by atoms with E-state index in [0.717, 1.165) is 16.3 Å². The van der Waals surface area contributed by atoms with E-state index < -0.39 is 6.10 Å². The summed E-state index contributed by atoms with van der Waals surface area (Å²) in [6, 6.07) is 21.7. The minimum atomic E-state index is -0.633. The number of ether oxygens (including phenoxy) is 2. The van der Waals surface area contributed by atoms with Crippen LogP contribution in [0.25, 0.3) is 10.8 Å². The smallest absolute Gasteiger partial charge is 0.267 e. The maximum atomic E-state index is 12.9. The first-order valence-corrected chi connectivity index (χ1v) is 11.7. The molecule has 2 aliphatic rings. The number of nitrogens with zero attached hydrogens (tertiary/aromatic N) is 2. The Morgan fingerprint density at radius 2 is 1.65 bits per heavy atom. The summed E-state index contributed by atoms with van der Waals surface area (Å²) in [6.07, 6.45) is -0.633. The number of carbonyl (C=O) groups excluding carboxylic acids is 2. The minimum absolute atomic E-state index is 0.0131. The minimum Gasteiger partial charge on any atom is -0.485 e. The summed E-state index contributed by atoms with van der Waals surface area (Å²) < 4.78 is 11.5. The third kappa shape index (κ3) is 4.70. The second-order valence-corrected chi connectivity index (χ2v) is 8.82. The number of rotatable bonds is 5. The Hall–Kier alpha value is -3.58. The van der Waals surface area contributed by atoms with Crippen molar-refractivity contribution in [1.82, 2.24) is 15.1 Å². The summed E-state index contributed by atoms with van der Waals surface area (Å²) in [4.78, 5) is 29.6. The van der Waals surface area contributed by atoms with Crippen molar-refractivity contribution in [2.45, 2.75) is 19.1 Å². The fraction of sp³-hybridized carbons (Fsp3) is 0.333. The zero-order chi connectivity index (χ0) is 23.5. The summed E-state index contributed by atoms with van der Waals surface area (Å²) in [5, 5.41) is 5.45. The van der Waals surface area contributed by atoms with Crippen LogP contribution >= 0.6 is 0 Å². The van der Waals surface area contributed by atoms with Crippen LogP contribution in [0.2, 0.25) is 0 Å². The predicted molar refractivity (Wildman–Crippen MR) is 130 cm³/mol. The summed E-state index contributed by atoms with van der Waals surface area (Å²) in [6.45, 7) is 4.95. The van der Waals surface area contributed by atoms with E-state index in [1.54, 1.807) is 4.90 Å². The van der Waals surface area contributed by atoms with Gasteiger partial charge < -0.3 is 19.7 Å². The predicted octanol–water partition coefficient (Wildman–Crippen LogP) is 3.00. The van der Waals surface area contributed by atoms with Gasteiger partial charge in [0.25, 0.3) is 5.91 Å². The molecule has 0 saturated carbocycles. The Morgan fingerprint density at radius 1 is 0.941 bits per heavy atom. The van der Waals surface area contributed by atoms with Crippen molar-refractivity contribution in [3.05, 3.63) is 72.3 Å². The molecule has 2 atom stereocenters. The molecule has 2 aliphatic heterocycles. The SMILES string of the molecule is C[C@H](NC(=O)CN1CCN(C(=O)[C@@H]2COc3ccccc3O2)CC1)c1cccc2ccccc12. The molecule has 0 spiro atoms. The number of piperazine rings is 1. The van der Waals surface area contributed by atoms with E-state index in [1.807, 2.05) is 49.4 Å². The molecular weight excluding hydrogens is 430 g/mol. The Labute approximate surface area is 199 Å². The molecule has 3 aromatic carbocycles. The summed E-state index contributed by atoms with van der Waals surface area (Å²) in [5.74, 6) is 1.19. The number of benzene rings is 3. The quantitative estimate of drug-likeness (QED) is 0.635. The van der Waals surface area contributed by atoms with Crippen LogP contribution in [0, 0.1) is 0 Å². The molecule has 7 nitrogen and oxygen atoms in total. The van der Waals surface area contributed by atoms with Crippen molar-refractivity contribution in [2.24, 2.45) is 0 Å². The maximum Gasteiger partial charge on any atom is 0.267 e. The molecule has 1 fully saturated rings. The van der Waals surface area contributed by atoms with Crippen LogP contribution in [0.5, 0.6) is 11.5 Å². The van der Waals surface area contributed by atoms with Gasteiger partial charge in [-0.25, -0.2) is 0 Å². The number of nitrogens with one attached hydrogen (secondary N) is 1. The van der Waals surface area contributed by atoms with Crippen LogP contribution in [0.1, 0.15) is 18.5 Å². The Bertz CT molecular complexity index is 1180. The summed E-state index contributed by atoms with van der Waals surface area (Å²) in [5.41, 5.74) is 1.11. The van der Waals surface area contributed by atoms with Crippen molar-refractivity contribution in [2.75, 3.05) is 39.3 Å². The van der Waals surface area contributed by atoms with E-state index in [2.05, 4.69) is 34.5 Å². The van der Waals surface area contributed by atoms with Gasteiger partial charge in [0, 0.05) is 26.2 Å². The summed E-state index contributed by atoms with van der Waals surface area (Å²) >= 11 is 0. The number of hydrogen-bond acceptors (Lipinski definition) is 5. The van der Waals surface area contributed by atoms with E-state index in [9.17, 15) is 9.59 Å². The largest absolute Gasteiger partial charge is 0.485 e. The number of para-hydroxylation sites is 2. The number of hydrogen-bond donors (Lipinski definition) is 1. The highest BCUT2D eigenvalue weighted by molar-refractivity contribution is 5.87. The van der Waals surface area contributed by atoms with Gasteiger partial charge in [-0.1, -0.05) is 54.6 Å². The van der Waals surface area contributed by atoms with Crippen LogP contribution in [0.3, 0.4) is 0 Å². The van der Waals surface area contributed by atoms with Crippen molar-refractivity contribution < 1.29 is 19.1 Å².